The fourth-order valence-corrected chi connectivity index (χ4v) is 3.20. The van der Waals surface area contributed by atoms with Crippen molar-refractivity contribution in [2.24, 2.45) is 7.05 Å². The third-order valence-corrected chi connectivity index (χ3v) is 4.97. The molecule has 1 fully saturated rings. The number of nitrogens with zero attached hydrogens (tertiary/aromatic N) is 1. The quantitative estimate of drug-likeness (QED) is 0.782. The van der Waals surface area contributed by atoms with E-state index < -0.39 is 16.1 Å². The molecule has 5 nitrogen and oxygen atoms in total. The Hall–Kier alpha value is -0.850. The zero-order chi connectivity index (χ0) is 12.5. The van der Waals surface area contributed by atoms with E-state index in [1.165, 1.54) is 0 Å². The summed E-state index contributed by atoms with van der Waals surface area (Å²) in [6.07, 6.45) is 3.14. The SMILES string of the molecule is Cn1cccc1C(O)CCNS(=O)(=O)C1CC1. The lowest BCUT2D eigenvalue weighted by molar-refractivity contribution is 0.161. The van der Waals surface area contributed by atoms with E-state index in [1.54, 1.807) is 0 Å². The third-order valence-electron chi connectivity index (χ3n) is 3.01. The molecule has 0 aliphatic heterocycles. The average molecular weight is 258 g/mol. The maximum atomic E-state index is 11.5. The van der Waals surface area contributed by atoms with Crippen LogP contribution in [-0.4, -0.2) is 29.9 Å². The number of nitrogens with one attached hydrogen (secondary N) is 1. The van der Waals surface area contributed by atoms with Gasteiger partial charge in [0.05, 0.1) is 11.4 Å². The molecule has 2 rings (SSSR count). The number of aryl methyl sites for hydroxylation is 1. The highest BCUT2D eigenvalue weighted by atomic mass is 32.2. The molecule has 2 N–H and O–H groups in total. The zero-order valence-electron chi connectivity index (χ0n) is 9.83. The van der Waals surface area contributed by atoms with Crippen LogP contribution in [0.3, 0.4) is 0 Å². The largest absolute Gasteiger partial charge is 0.387 e. The highest BCUT2D eigenvalue weighted by molar-refractivity contribution is 7.90. The standard InChI is InChI=1S/C11H18N2O3S/c1-13-8-2-3-10(13)11(14)6-7-12-17(15,16)9-4-5-9/h2-3,8-9,11-12,14H,4-7H2,1H3. The summed E-state index contributed by atoms with van der Waals surface area (Å²) in [5.41, 5.74) is 0.801. The van der Waals surface area contributed by atoms with Gasteiger partial charge in [-0.25, -0.2) is 13.1 Å². The van der Waals surface area contributed by atoms with Gasteiger partial charge < -0.3 is 9.67 Å². The van der Waals surface area contributed by atoms with Crippen molar-refractivity contribution >= 4 is 10.0 Å². The van der Waals surface area contributed by atoms with Crippen molar-refractivity contribution < 1.29 is 13.5 Å². The molecular weight excluding hydrogens is 240 g/mol. The van der Waals surface area contributed by atoms with Crippen LogP contribution in [0.5, 0.6) is 0 Å². The first-order valence-electron chi connectivity index (χ1n) is 5.78. The lowest BCUT2D eigenvalue weighted by Crippen LogP contribution is -2.29. The van der Waals surface area contributed by atoms with Gasteiger partial charge in [-0.1, -0.05) is 0 Å². The molecule has 0 radical (unpaired) electrons. The molecule has 1 aliphatic carbocycles. The molecule has 0 amide bonds. The highest BCUT2D eigenvalue weighted by Gasteiger charge is 2.35. The monoisotopic (exact) mass is 258 g/mol. The van der Waals surface area contributed by atoms with Crippen molar-refractivity contribution in [3.05, 3.63) is 24.0 Å². The second-order valence-corrected chi connectivity index (χ2v) is 6.53. The van der Waals surface area contributed by atoms with E-state index in [9.17, 15) is 13.5 Å². The lowest BCUT2D eigenvalue weighted by atomic mass is 10.2. The molecule has 1 unspecified atom stereocenters. The first-order chi connectivity index (χ1) is 8.00. The van der Waals surface area contributed by atoms with Crippen molar-refractivity contribution in [1.29, 1.82) is 0 Å². The number of aliphatic hydroxyl groups is 1. The minimum atomic E-state index is -3.13. The number of aliphatic hydroxyl groups excluding tert-OH is 1. The maximum absolute atomic E-state index is 11.5. The van der Waals surface area contributed by atoms with E-state index in [0.717, 1.165) is 18.5 Å². The Kier molecular flexibility index (Phi) is 3.56. The van der Waals surface area contributed by atoms with Crippen LogP contribution in [0.4, 0.5) is 0 Å². The summed E-state index contributed by atoms with van der Waals surface area (Å²) in [6.45, 7) is 0.283. The first-order valence-corrected chi connectivity index (χ1v) is 7.33. The fourth-order valence-electron chi connectivity index (χ4n) is 1.80. The van der Waals surface area contributed by atoms with Gasteiger partial charge in [-0.2, -0.15) is 0 Å². The van der Waals surface area contributed by atoms with E-state index in [2.05, 4.69) is 4.72 Å². The molecule has 17 heavy (non-hydrogen) atoms. The van der Waals surface area contributed by atoms with Gasteiger partial charge in [0.2, 0.25) is 10.0 Å². The molecular formula is C11H18N2O3S. The Labute approximate surface area is 102 Å². The third kappa shape index (κ3) is 3.08. The van der Waals surface area contributed by atoms with Crippen LogP contribution in [0.1, 0.15) is 31.1 Å². The van der Waals surface area contributed by atoms with E-state index in [4.69, 9.17) is 0 Å². The summed E-state index contributed by atoms with van der Waals surface area (Å²) in [5, 5.41) is 9.69. The molecule has 1 atom stereocenters. The second-order valence-electron chi connectivity index (χ2n) is 4.49. The molecule has 0 spiro atoms. The van der Waals surface area contributed by atoms with Gasteiger partial charge in [-0.05, 0) is 31.4 Å². The van der Waals surface area contributed by atoms with E-state index in [0.29, 0.717) is 6.42 Å². The van der Waals surface area contributed by atoms with Gasteiger partial charge in [0.15, 0.2) is 0 Å². The zero-order valence-corrected chi connectivity index (χ0v) is 10.7. The molecule has 96 valence electrons. The number of aromatic nitrogens is 1. The summed E-state index contributed by atoms with van der Waals surface area (Å²) in [4.78, 5) is 0. The number of hydrogen-bond acceptors (Lipinski definition) is 3. The van der Waals surface area contributed by atoms with Gasteiger partial charge in [0.1, 0.15) is 0 Å². The molecule has 1 heterocycles. The van der Waals surface area contributed by atoms with Crippen LogP contribution in [-0.2, 0) is 17.1 Å². The predicted octanol–water partition coefficient (Wildman–Crippen LogP) is 0.530. The average Bonchev–Trinajstić information content (AvgIpc) is 3.02. The summed E-state index contributed by atoms with van der Waals surface area (Å²) in [7, 11) is -1.28. The summed E-state index contributed by atoms with van der Waals surface area (Å²) in [5.74, 6) is 0. The Bertz CT molecular complexity index is 477. The summed E-state index contributed by atoms with van der Waals surface area (Å²) >= 11 is 0. The van der Waals surface area contributed by atoms with Gasteiger partial charge in [-0.3, -0.25) is 0 Å². The molecule has 1 aromatic heterocycles. The van der Waals surface area contributed by atoms with Crippen LogP contribution in [0.2, 0.25) is 0 Å². The summed E-state index contributed by atoms with van der Waals surface area (Å²) in [6, 6.07) is 3.69. The molecule has 0 aromatic carbocycles. The molecule has 0 bridgehead atoms. The van der Waals surface area contributed by atoms with Crippen LogP contribution in [0.15, 0.2) is 18.3 Å². The second kappa shape index (κ2) is 4.80. The van der Waals surface area contributed by atoms with E-state index >= 15 is 0 Å². The topological polar surface area (TPSA) is 71.3 Å². The van der Waals surface area contributed by atoms with Gasteiger partial charge in [0.25, 0.3) is 0 Å². The minimum absolute atomic E-state index is 0.199. The van der Waals surface area contributed by atoms with Crippen molar-refractivity contribution in [2.75, 3.05) is 6.54 Å². The molecule has 1 aliphatic rings. The van der Waals surface area contributed by atoms with E-state index in [-0.39, 0.29) is 11.8 Å². The number of hydrogen-bond donors (Lipinski definition) is 2. The first kappa shape index (κ1) is 12.6. The summed E-state index contributed by atoms with van der Waals surface area (Å²) < 4.78 is 27.4. The fraction of sp³-hybridized carbons (Fsp3) is 0.636. The Morgan fingerprint density at radius 1 is 1.59 bits per heavy atom. The number of rotatable bonds is 6. The van der Waals surface area contributed by atoms with Crippen LogP contribution < -0.4 is 4.72 Å². The van der Waals surface area contributed by atoms with Crippen LogP contribution >= 0.6 is 0 Å². The smallest absolute Gasteiger partial charge is 0.214 e. The number of sulfonamides is 1. The van der Waals surface area contributed by atoms with Crippen molar-refractivity contribution in [2.45, 2.75) is 30.6 Å². The van der Waals surface area contributed by atoms with Crippen LogP contribution in [0.25, 0.3) is 0 Å². The Balaban J connectivity index is 1.81. The molecule has 1 aromatic rings. The Morgan fingerprint density at radius 3 is 2.82 bits per heavy atom. The molecule has 1 saturated carbocycles. The maximum Gasteiger partial charge on any atom is 0.214 e. The highest BCUT2D eigenvalue weighted by Crippen LogP contribution is 2.27. The van der Waals surface area contributed by atoms with Gasteiger partial charge >= 0.3 is 0 Å². The predicted molar refractivity (Wildman–Crippen MR) is 64.9 cm³/mol. The van der Waals surface area contributed by atoms with Crippen LogP contribution in [0, 0.1) is 0 Å². The van der Waals surface area contributed by atoms with Gasteiger partial charge in [-0.15, -0.1) is 0 Å². The van der Waals surface area contributed by atoms with Gasteiger partial charge in [0, 0.05) is 25.5 Å². The normalized spacial score (nSPS) is 18.2. The van der Waals surface area contributed by atoms with Crippen molar-refractivity contribution in [3.63, 3.8) is 0 Å². The van der Waals surface area contributed by atoms with Crippen molar-refractivity contribution in [3.8, 4) is 0 Å². The van der Waals surface area contributed by atoms with E-state index in [1.807, 2.05) is 29.9 Å². The minimum Gasteiger partial charge on any atom is -0.387 e. The van der Waals surface area contributed by atoms with Crippen molar-refractivity contribution in [1.82, 2.24) is 9.29 Å². The lowest BCUT2D eigenvalue weighted by Gasteiger charge is -2.12. The Morgan fingerprint density at radius 2 is 2.29 bits per heavy atom. The molecule has 6 heteroatoms. The molecule has 0 saturated heterocycles.